The lowest BCUT2D eigenvalue weighted by Crippen LogP contribution is -2.56. The predicted octanol–water partition coefficient (Wildman–Crippen LogP) is 6.54. The highest BCUT2D eigenvalue weighted by Gasteiger charge is 2.62. The molecule has 0 amide bonds. The van der Waals surface area contributed by atoms with Gasteiger partial charge in [0.25, 0.3) is 0 Å². The Kier molecular flexibility index (Phi) is 5.05. The minimum Gasteiger partial charge on any atom is -0.297 e. The molecule has 4 nitrogen and oxygen atoms in total. The van der Waals surface area contributed by atoms with Crippen molar-refractivity contribution in [3.8, 4) is 0 Å². The SMILES string of the molecule is CC1CCC2(C)C(C1)CC(C)C1C2CCC2(C)C(C(=O)Cn3ncc4ccncc43)CCC12. The Hall–Kier alpha value is -1.71. The molecule has 178 valence electrons. The van der Waals surface area contributed by atoms with Crippen molar-refractivity contribution in [1.82, 2.24) is 14.8 Å². The number of aromatic nitrogens is 3. The monoisotopic (exact) mass is 447 g/mol. The number of pyridine rings is 1. The van der Waals surface area contributed by atoms with Crippen LogP contribution < -0.4 is 0 Å². The van der Waals surface area contributed by atoms with E-state index in [1.54, 1.807) is 6.20 Å². The molecule has 0 N–H and O–H groups in total. The number of carbonyl (C=O) groups is 1. The van der Waals surface area contributed by atoms with Gasteiger partial charge in [-0.2, -0.15) is 5.10 Å². The third kappa shape index (κ3) is 3.18. The standard InChI is InChI=1S/C29H41N3O/c1-18-7-10-28(3)21(13-18)14-19(2)27-23-6-5-22(29(23,4)11-8-24(27)28)26(33)17-32-25-16-30-12-9-20(25)15-31-32/h9,12,15-16,18-19,21-24,27H,5-8,10-11,13-14,17H2,1-4H3. The van der Waals surface area contributed by atoms with E-state index in [1.807, 2.05) is 23.1 Å². The highest BCUT2D eigenvalue weighted by Crippen LogP contribution is 2.69. The van der Waals surface area contributed by atoms with Crippen molar-refractivity contribution in [3.05, 3.63) is 24.7 Å². The van der Waals surface area contributed by atoms with Gasteiger partial charge >= 0.3 is 0 Å². The van der Waals surface area contributed by atoms with Gasteiger partial charge in [-0.1, -0.05) is 34.1 Å². The maximum absolute atomic E-state index is 13.7. The van der Waals surface area contributed by atoms with Crippen molar-refractivity contribution in [2.75, 3.05) is 0 Å². The Morgan fingerprint density at radius 2 is 1.82 bits per heavy atom. The van der Waals surface area contributed by atoms with Crippen LogP contribution in [-0.2, 0) is 11.3 Å². The van der Waals surface area contributed by atoms with Gasteiger partial charge in [0.2, 0.25) is 0 Å². The summed E-state index contributed by atoms with van der Waals surface area (Å²) in [5.74, 6) is 5.60. The molecule has 4 aliphatic carbocycles. The first kappa shape index (κ1) is 21.8. The summed E-state index contributed by atoms with van der Waals surface area (Å²) in [6.45, 7) is 10.6. The molecule has 4 aliphatic rings. The summed E-state index contributed by atoms with van der Waals surface area (Å²) >= 11 is 0. The maximum Gasteiger partial charge on any atom is 0.157 e. The fourth-order valence-electron chi connectivity index (χ4n) is 9.68. The van der Waals surface area contributed by atoms with Crippen LogP contribution >= 0.6 is 0 Å². The zero-order valence-corrected chi connectivity index (χ0v) is 21.0. The van der Waals surface area contributed by atoms with Gasteiger partial charge in [-0.15, -0.1) is 0 Å². The number of rotatable bonds is 3. The van der Waals surface area contributed by atoms with Crippen molar-refractivity contribution in [2.45, 2.75) is 85.6 Å². The highest BCUT2D eigenvalue weighted by molar-refractivity contribution is 5.84. The second kappa shape index (κ2) is 7.65. The molecule has 4 saturated carbocycles. The average Bonchev–Trinajstić information content (AvgIpc) is 3.36. The zero-order chi connectivity index (χ0) is 23.0. The topological polar surface area (TPSA) is 47.8 Å². The molecule has 9 unspecified atom stereocenters. The molecule has 0 radical (unpaired) electrons. The van der Waals surface area contributed by atoms with Gasteiger partial charge in [-0.3, -0.25) is 14.5 Å². The van der Waals surface area contributed by atoms with Crippen molar-refractivity contribution >= 4 is 16.7 Å². The molecule has 4 fully saturated rings. The average molecular weight is 448 g/mol. The lowest BCUT2D eigenvalue weighted by molar-refractivity contribution is -0.148. The van der Waals surface area contributed by atoms with Crippen LogP contribution in [0.25, 0.3) is 10.9 Å². The van der Waals surface area contributed by atoms with E-state index in [4.69, 9.17) is 0 Å². The van der Waals surface area contributed by atoms with Crippen LogP contribution in [0.15, 0.2) is 24.7 Å². The molecule has 33 heavy (non-hydrogen) atoms. The minimum atomic E-state index is 0.166. The van der Waals surface area contributed by atoms with Crippen LogP contribution in [0.5, 0.6) is 0 Å². The number of Topliss-reactive ketones (excluding diaryl/α,β-unsaturated/α-hetero) is 1. The third-order valence-electron chi connectivity index (χ3n) is 11.4. The summed E-state index contributed by atoms with van der Waals surface area (Å²) in [6, 6.07) is 1.97. The van der Waals surface area contributed by atoms with Gasteiger partial charge in [0, 0.05) is 17.5 Å². The molecule has 0 aliphatic heterocycles. The lowest BCUT2D eigenvalue weighted by atomic mass is 9.42. The summed E-state index contributed by atoms with van der Waals surface area (Å²) < 4.78 is 1.88. The number of hydrogen-bond acceptors (Lipinski definition) is 3. The third-order valence-corrected chi connectivity index (χ3v) is 11.4. The van der Waals surface area contributed by atoms with E-state index in [-0.39, 0.29) is 11.3 Å². The van der Waals surface area contributed by atoms with E-state index < -0.39 is 0 Å². The number of fused-ring (bicyclic) bond motifs is 6. The van der Waals surface area contributed by atoms with Gasteiger partial charge in [0.05, 0.1) is 17.9 Å². The van der Waals surface area contributed by atoms with E-state index >= 15 is 0 Å². The molecule has 2 aromatic rings. The molecule has 0 aromatic carbocycles. The van der Waals surface area contributed by atoms with Crippen LogP contribution in [0.4, 0.5) is 0 Å². The Bertz CT molecular complexity index is 1060. The van der Waals surface area contributed by atoms with Crippen molar-refractivity contribution in [1.29, 1.82) is 0 Å². The first-order valence-electron chi connectivity index (χ1n) is 13.6. The van der Waals surface area contributed by atoms with E-state index in [0.717, 1.165) is 46.9 Å². The van der Waals surface area contributed by atoms with E-state index in [1.165, 1.54) is 44.9 Å². The fourth-order valence-corrected chi connectivity index (χ4v) is 9.68. The Morgan fingerprint density at radius 1 is 1.03 bits per heavy atom. The smallest absolute Gasteiger partial charge is 0.157 e. The van der Waals surface area contributed by atoms with Crippen molar-refractivity contribution in [3.63, 3.8) is 0 Å². The molecule has 2 heterocycles. The molecular formula is C29H41N3O. The van der Waals surface area contributed by atoms with E-state index in [0.29, 0.717) is 23.7 Å². The summed E-state index contributed by atoms with van der Waals surface area (Å²) in [6.07, 6.45) is 16.1. The maximum atomic E-state index is 13.7. The second-order valence-electron chi connectivity index (χ2n) is 13.0. The van der Waals surface area contributed by atoms with Crippen LogP contribution in [-0.4, -0.2) is 20.5 Å². The number of ketones is 1. The molecule has 4 heteroatoms. The van der Waals surface area contributed by atoms with Gasteiger partial charge < -0.3 is 0 Å². The Labute approximate surface area is 198 Å². The largest absolute Gasteiger partial charge is 0.297 e. The summed E-state index contributed by atoms with van der Waals surface area (Å²) in [7, 11) is 0. The molecule has 2 aromatic heterocycles. The fraction of sp³-hybridized carbons (Fsp3) is 0.759. The Morgan fingerprint density at radius 3 is 2.67 bits per heavy atom. The normalized spacial score (nSPS) is 44.8. The first-order chi connectivity index (χ1) is 15.8. The second-order valence-corrected chi connectivity index (χ2v) is 13.0. The van der Waals surface area contributed by atoms with Gasteiger partial charge in [-0.25, -0.2) is 0 Å². The van der Waals surface area contributed by atoms with Crippen LogP contribution in [0.2, 0.25) is 0 Å². The quantitative estimate of drug-likeness (QED) is 0.536. The molecule has 0 spiro atoms. The van der Waals surface area contributed by atoms with E-state index in [2.05, 4.69) is 37.8 Å². The van der Waals surface area contributed by atoms with E-state index in [9.17, 15) is 4.79 Å². The van der Waals surface area contributed by atoms with Crippen LogP contribution in [0.1, 0.15) is 79.1 Å². The number of hydrogen-bond donors (Lipinski definition) is 0. The van der Waals surface area contributed by atoms with Crippen LogP contribution in [0.3, 0.4) is 0 Å². The molecule has 6 rings (SSSR count). The van der Waals surface area contributed by atoms with Crippen LogP contribution in [0, 0.1) is 52.3 Å². The number of carbonyl (C=O) groups excluding carboxylic acids is 1. The molecule has 9 atom stereocenters. The molecule has 0 saturated heterocycles. The lowest BCUT2D eigenvalue weighted by Gasteiger charge is -2.63. The summed E-state index contributed by atoms with van der Waals surface area (Å²) in [4.78, 5) is 18.0. The van der Waals surface area contributed by atoms with Gasteiger partial charge in [0.15, 0.2) is 5.78 Å². The predicted molar refractivity (Wildman–Crippen MR) is 131 cm³/mol. The Balaban J connectivity index is 1.25. The first-order valence-corrected chi connectivity index (χ1v) is 13.6. The highest BCUT2D eigenvalue weighted by atomic mass is 16.1. The molecular weight excluding hydrogens is 406 g/mol. The number of nitrogens with zero attached hydrogens (tertiary/aromatic N) is 3. The minimum absolute atomic E-state index is 0.166. The van der Waals surface area contributed by atoms with Crippen molar-refractivity contribution < 1.29 is 4.79 Å². The summed E-state index contributed by atoms with van der Waals surface area (Å²) in [5.41, 5.74) is 1.67. The summed E-state index contributed by atoms with van der Waals surface area (Å²) in [5, 5.41) is 5.59. The van der Waals surface area contributed by atoms with Crippen molar-refractivity contribution in [2.24, 2.45) is 52.3 Å². The van der Waals surface area contributed by atoms with Gasteiger partial charge in [0.1, 0.15) is 6.54 Å². The zero-order valence-electron chi connectivity index (χ0n) is 21.0. The van der Waals surface area contributed by atoms with Gasteiger partial charge in [-0.05, 0) is 97.3 Å². The molecule has 0 bridgehead atoms.